The Kier molecular flexibility index (Phi) is 8.10. The molecule has 4 rings (SSSR count). The molecule has 3 aliphatic rings. The van der Waals surface area contributed by atoms with Gasteiger partial charge in [-0.05, 0) is 94.9 Å². The number of piperidine rings is 1. The van der Waals surface area contributed by atoms with Gasteiger partial charge in [0.05, 0.1) is 18.0 Å². The van der Waals surface area contributed by atoms with Crippen LogP contribution in [0.1, 0.15) is 74.0 Å². The highest BCUT2D eigenvalue weighted by Crippen LogP contribution is 2.41. The van der Waals surface area contributed by atoms with Crippen molar-refractivity contribution >= 4 is 16.3 Å². The van der Waals surface area contributed by atoms with Crippen molar-refractivity contribution in [3.8, 4) is 5.75 Å². The Hall–Kier alpha value is -1.48. The third kappa shape index (κ3) is 6.15. The minimum absolute atomic E-state index is 0.0207. The fraction of sp³-hybridized carbons (Fsp3) is 0.720. The highest BCUT2D eigenvalue weighted by Gasteiger charge is 2.39. The normalized spacial score (nSPS) is 28.4. The molecule has 3 fully saturated rings. The predicted octanol–water partition coefficient (Wildman–Crippen LogP) is 3.13. The summed E-state index contributed by atoms with van der Waals surface area (Å²) in [6.07, 6.45) is 8.35. The molecule has 0 bridgehead atoms. The minimum Gasteiger partial charge on any atom is -0.486 e. The summed E-state index contributed by atoms with van der Waals surface area (Å²) in [5, 5.41) is 3.28. The largest absolute Gasteiger partial charge is 0.486 e. The standard InChI is InChI=1S/C25H38N2O5S/c1-17-5-12-24(31-15-14-28)25(18(17)2)19-6-8-20(9-7-19)32-16-23-22(4-3-13-26-23)27-33(29,30)21-10-11-21/h5,12,14,19-23,26-27H,3-4,6-11,13,15-16H2,1-2H3/t19-,20+,22-,23-/m0/s1. The van der Waals surface area contributed by atoms with E-state index in [1.807, 2.05) is 6.07 Å². The Bertz CT molecular complexity index is 923. The first-order chi connectivity index (χ1) is 15.9. The van der Waals surface area contributed by atoms with Gasteiger partial charge in [0, 0.05) is 17.6 Å². The fourth-order valence-corrected chi connectivity index (χ4v) is 6.94. The minimum atomic E-state index is -3.20. The number of aryl methyl sites for hydroxylation is 1. The molecule has 8 heteroatoms. The summed E-state index contributed by atoms with van der Waals surface area (Å²) >= 11 is 0. The predicted molar refractivity (Wildman–Crippen MR) is 128 cm³/mol. The lowest BCUT2D eigenvalue weighted by molar-refractivity contribution is -0.109. The molecule has 0 radical (unpaired) electrons. The second-order valence-corrected chi connectivity index (χ2v) is 11.9. The van der Waals surface area contributed by atoms with E-state index in [0.29, 0.717) is 12.5 Å². The average molecular weight is 479 g/mol. The van der Waals surface area contributed by atoms with Crippen molar-refractivity contribution in [3.63, 3.8) is 0 Å². The Labute approximate surface area is 198 Å². The van der Waals surface area contributed by atoms with Crippen molar-refractivity contribution < 1.29 is 22.7 Å². The molecule has 184 valence electrons. The highest BCUT2D eigenvalue weighted by molar-refractivity contribution is 7.90. The number of carbonyl (C=O) groups excluding carboxylic acids is 1. The van der Waals surface area contributed by atoms with Gasteiger partial charge in [0.25, 0.3) is 0 Å². The van der Waals surface area contributed by atoms with E-state index >= 15 is 0 Å². The number of hydrogen-bond donors (Lipinski definition) is 2. The number of hydrogen-bond acceptors (Lipinski definition) is 6. The van der Waals surface area contributed by atoms with Crippen LogP contribution in [0.4, 0.5) is 0 Å². The zero-order valence-corrected chi connectivity index (χ0v) is 20.7. The highest BCUT2D eigenvalue weighted by atomic mass is 32.2. The second kappa shape index (κ2) is 10.8. The van der Waals surface area contributed by atoms with Crippen LogP contribution in [0.15, 0.2) is 12.1 Å². The molecule has 0 amide bonds. The zero-order valence-electron chi connectivity index (χ0n) is 19.8. The molecule has 0 aromatic heterocycles. The van der Waals surface area contributed by atoms with Gasteiger partial charge in [0.2, 0.25) is 10.0 Å². The second-order valence-electron chi connectivity index (χ2n) is 9.88. The van der Waals surface area contributed by atoms with Gasteiger partial charge in [-0.1, -0.05) is 6.07 Å². The molecule has 2 saturated carbocycles. The molecule has 0 unspecified atom stereocenters. The monoisotopic (exact) mass is 478 g/mol. The molecule has 1 aromatic rings. The number of ether oxygens (including phenoxy) is 2. The summed E-state index contributed by atoms with van der Waals surface area (Å²) in [5.74, 6) is 1.23. The number of sulfonamides is 1. The molecule has 1 aliphatic heterocycles. The van der Waals surface area contributed by atoms with E-state index in [2.05, 4.69) is 30.0 Å². The van der Waals surface area contributed by atoms with Crippen LogP contribution in [0.2, 0.25) is 0 Å². The van der Waals surface area contributed by atoms with E-state index in [-0.39, 0.29) is 30.0 Å². The third-order valence-corrected chi connectivity index (χ3v) is 9.49. The lowest BCUT2D eigenvalue weighted by atomic mass is 9.80. The molecule has 1 aromatic carbocycles. The zero-order chi connectivity index (χ0) is 23.4. The Balaban J connectivity index is 1.31. The van der Waals surface area contributed by atoms with E-state index in [4.69, 9.17) is 9.47 Å². The lowest BCUT2D eigenvalue weighted by Gasteiger charge is -2.35. The summed E-state index contributed by atoms with van der Waals surface area (Å²) < 4.78 is 39.8. The van der Waals surface area contributed by atoms with Gasteiger partial charge in [-0.2, -0.15) is 0 Å². The van der Waals surface area contributed by atoms with Crippen LogP contribution in [0, 0.1) is 13.8 Å². The first kappa shape index (κ1) is 24.6. The molecule has 0 spiro atoms. The lowest BCUT2D eigenvalue weighted by Crippen LogP contribution is -2.56. The summed E-state index contributed by atoms with van der Waals surface area (Å²) in [4.78, 5) is 10.8. The van der Waals surface area contributed by atoms with E-state index in [1.54, 1.807) is 0 Å². The van der Waals surface area contributed by atoms with Crippen LogP contribution in [-0.4, -0.2) is 57.9 Å². The molecule has 1 heterocycles. The Morgan fingerprint density at radius 1 is 1.09 bits per heavy atom. The van der Waals surface area contributed by atoms with Crippen molar-refractivity contribution in [2.75, 3.05) is 19.8 Å². The molecular weight excluding hydrogens is 440 g/mol. The number of carbonyl (C=O) groups is 1. The van der Waals surface area contributed by atoms with Crippen molar-refractivity contribution in [3.05, 3.63) is 28.8 Å². The van der Waals surface area contributed by atoms with Crippen molar-refractivity contribution in [2.24, 2.45) is 0 Å². The number of nitrogens with one attached hydrogen (secondary N) is 2. The molecule has 2 aliphatic carbocycles. The van der Waals surface area contributed by atoms with E-state index in [1.165, 1.54) is 16.7 Å². The summed E-state index contributed by atoms with van der Waals surface area (Å²) in [6, 6.07) is 3.97. The first-order valence-electron chi connectivity index (χ1n) is 12.4. The molecule has 7 nitrogen and oxygen atoms in total. The topological polar surface area (TPSA) is 93.7 Å². The molecule has 2 atom stereocenters. The third-order valence-electron chi connectivity index (χ3n) is 7.51. The maximum atomic E-state index is 12.4. The van der Waals surface area contributed by atoms with Gasteiger partial charge in [0.1, 0.15) is 12.4 Å². The quantitative estimate of drug-likeness (QED) is 0.502. The van der Waals surface area contributed by atoms with Crippen LogP contribution in [0.25, 0.3) is 0 Å². The summed E-state index contributed by atoms with van der Waals surface area (Å²) in [6.45, 7) is 5.76. The smallest absolute Gasteiger partial charge is 0.214 e. The molecule has 2 N–H and O–H groups in total. The van der Waals surface area contributed by atoms with Crippen LogP contribution < -0.4 is 14.8 Å². The molecular formula is C25H38N2O5S. The molecule has 1 saturated heterocycles. The van der Waals surface area contributed by atoms with Crippen LogP contribution in [-0.2, 0) is 19.6 Å². The number of rotatable bonds is 10. The van der Waals surface area contributed by atoms with Gasteiger partial charge < -0.3 is 14.8 Å². The Morgan fingerprint density at radius 3 is 2.55 bits per heavy atom. The van der Waals surface area contributed by atoms with Crippen molar-refractivity contribution in [2.45, 2.75) is 94.6 Å². The van der Waals surface area contributed by atoms with E-state index in [0.717, 1.165) is 69.9 Å². The SMILES string of the molecule is Cc1ccc(OCC=O)c([C@H]2CC[C@@H](OC[C@@H]3NCCC[C@@H]3NS(=O)(=O)C3CC3)CC2)c1C. The number of aldehydes is 1. The van der Waals surface area contributed by atoms with Gasteiger partial charge in [0.15, 0.2) is 6.29 Å². The first-order valence-corrected chi connectivity index (χ1v) is 14.0. The fourth-order valence-electron chi connectivity index (χ4n) is 5.28. The Morgan fingerprint density at radius 2 is 1.85 bits per heavy atom. The van der Waals surface area contributed by atoms with Crippen molar-refractivity contribution in [1.29, 1.82) is 0 Å². The van der Waals surface area contributed by atoms with Crippen LogP contribution in [0.5, 0.6) is 5.75 Å². The van der Waals surface area contributed by atoms with Gasteiger partial charge in [-0.15, -0.1) is 0 Å². The van der Waals surface area contributed by atoms with Crippen molar-refractivity contribution in [1.82, 2.24) is 10.0 Å². The maximum absolute atomic E-state index is 12.4. The van der Waals surface area contributed by atoms with Gasteiger partial charge in [-0.3, -0.25) is 4.79 Å². The average Bonchev–Trinajstić information content (AvgIpc) is 3.66. The maximum Gasteiger partial charge on any atom is 0.214 e. The van der Waals surface area contributed by atoms with Gasteiger partial charge in [-0.25, -0.2) is 13.1 Å². The van der Waals surface area contributed by atoms with E-state index in [9.17, 15) is 13.2 Å². The van der Waals surface area contributed by atoms with E-state index < -0.39 is 10.0 Å². The van der Waals surface area contributed by atoms with Crippen LogP contribution in [0.3, 0.4) is 0 Å². The van der Waals surface area contributed by atoms with Gasteiger partial charge >= 0.3 is 0 Å². The summed E-state index contributed by atoms with van der Waals surface area (Å²) in [5.41, 5.74) is 3.73. The molecule has 33 heavy (non-hydrogen) atoms. The van der Waals surface area contributed by atoms with Crippen LogP contribution >= 0.6 is 0 Å². The summed E-state index contributed by atoms with van der Waals surface area (Å²) in [7, 11) is -3.20. The number of benzene rings is 1.